The molecule has 37 heavy (non-hydrogen) atoms. The molecular weight excluding hydrogens is 468 g/mol. The van der Waals surface area contributed by atoms with Crippen molar-refractivity contribution in [3.63, 3.8) is 0 Å². The highest BCUT2D eigenvalue weighted by atomic mass is 16.7. The zero-order chi connectivity index (χ0) is 26.3. The van der Waals surface area contributed by atoms with Crippen LogP contribution in [0.1, 0.15) is 68.2 Å². The highest BCUT2D eigenvalue weighted by molar-refractivity contribution is 5.83. The molecule has 2 aromatic carbocycles. The van der Waals surface area contributed by atoms with Crippen molar-refractivity contribution in [2.24, 2.45) is 0 Å². The van der Waals surface area contributed by atoms with E-state index in [0.29, 0.717) is 18.7 Å². The maximum absolute atomic E-state index is 13.3. The van der Waals surface area contributed by atoms with Crippen LogP contribution in [0.5, 0.6) is 11.5 Å². The lowest BCUT2D eigenvalue weighted by atomic mass is 10.0. The van der Waals surface area contributed by atoms with Gasteiger partial charge in [0.15, 0.2) is 17.3 Å². The normalized spacial score (nSPS) is 14.0. The third kappa shape index (κ3) is 4.96. The Balaban J connectivity index is 1.57. The molecule has 0 saturated heterocycles. The molecule has 0 fully saturated rings. The third-order valence-corrected chi connectivity index (χ3v) is 6.84. The van der Waals surface area contributed by atoms with E-state index in [1.165, 1.54) is 0 Å². The van der Waals surface area contributed by atoms with Crippen molar-refractivity contribution in [3.05, 3.63) is 74.8 Å². The van der Waals surface area contributed by atoms with Gasteiger partial charge >= 0.3 is 0 Å². The first-order valence-electron chi connectivity index (χ1n) is 12.7. The summed E-state index contributed by atoms with van der Waals surface area (Å²) in [6.07, 6.45) is 0.769. The Morgan fingerprint density at radius 1 is 1.08 bits per heavy atom. The minimum absolute atomic E-state index is 0.0848. The largest absolute Gasteiger partial charge is 0.454 e. The van der Waals surface area contributed by atoms with Crippen molar-refractivity contribution >= 4 is 10.9 Å². The standard InChI is InChI=1S/C28H34N6O3/c1-7-23(26-30-31-32-34(26)28(4,5)6)33(14-19-8-9-24-25(12-19)37-16-36-24)15-20-13-21-18(3)10-17(2)11-22(21)29-27(20)35/h8-13,23H,7,14-16H2,1-6H3,(H,29,35)/t23-/m1/s1. The predicted molar refractivity (Wildman–Crippen MR) is 142 cm³/mol. The molecule has 2 aromatic heterocycles. The van der Waals surface area contributed by atoms with Crippen LogP contribution in [-0.2, 0) is 18.6 Å². The second-order valence-corrected chi connectivity index (χ2v) is 10.8. The Bertz CT molecular complexity index is 1500. The Labute approximate surface area is 216 Å². The van der Waals surface area contributed by atoms with Crippen LogP contribution in [0.25, 0.3) is 10.9 Å². The minimum atomic E-state index is -0.286. The average Bonchev–Trinajstić information content (AvgIpc) is 3.50. The van der Waals surface area contributed by atoms with Crippen molar-refractivity contribution in [1.29, 1.82) is 0 Å². The van der Waals surface area contributed by atoms with Crippen molar-refractivity contribution in [2.75, 3.05) is 6.79 Å². The third-order valence-electron chi connectivity index (χ3n) is 6.84. The average molecular weight is 503 g/mol. The molecule has 0 radical (unpaired) electrons. The summed E-state index contributed by atoms with van der Waals surface area (Å²) in [5, 5.41) is 13.8. The van der Waals surface area contributed by atoms with Gasteiger partial charge in [-0.15, -0.1) is 5.10 Å². The lowest BCUT2D eigenvalue weighted by molar-refractivity contribution is 0.153. The number of rotatable bonds is 7. The first-order chi connectivity index (χ1) is 17.6. The number of hydrogen-bond acceptors (Lipinski definition) is 7. The molecule has 194 valence electrons. The number of hydrogen-bond donors (Lipinski definition) is 1. The summed E-state index contributed by atoms with van der Waals surface area (Å²) in [5.41, 5.74) is 4.51. The summed E-state index contributed by atoms with van der Waals surface area (Å²) in [6, 6.07) is 12.0. The number of aromatic amines is 1. The van der Waals surface area contributed by atoms with Crippen LogP contribution in [0.4, 0.5) is 0 Å². The van der Waals surface area contributed by atoms with Crippen LogP contribution in [0.3, 0.4) is 0 Å². The lowest BCUT2D eigenvalue weighted by Crippen LogP contribution is -2.35. The number of ether oxygens (including phenoxy) is 2. The highest BCUT2D eigenvalue weighted by Gasteiger charge is 2.30. The number of aromatic nitrogens is 5. The second kappa shape index (κ2) is 9.63. The SMILES string of the molecule is CC[C@H](c1nnnn1C(C)(C)C)N(Cc1ccc2c(c1)OCO2)Cc1cc2c(C)cc(C)cc2[nH]c1=O. The van der Waals surface area contributed by atoms with Crippen molar-refractivity contribution in [2.45, 2.75) is 72.6 Å². The first kappa shape index (κ1) is 25.0. The van der Waals surface area contributed by atoms with E-state index in [9.17, 15) is 4.79 Å². The maximum Gasteiger partial charge on any atom is 0.252 e. The van der Waals surface area contributed by atoms with Crippen LogP contribution in [-0.4, -0.2) is 36.9 Å². The topological polar surface area (TPSA) is 98.2 Å². The molecule has 1 aliphatic rings. The van der Waals surface area contributed by atoms with Gasteiger partial charge in [0.05, 0.1) is 11.6 Å². The number of nitrogens with one attached hydrogen (secondary N) is 1. The van der Waals surface area contributed by atoms with E-state index in [2.05, 4.69) is 66.1 Å². The fourth-order valence-electron chi connectivity index (χ4n) is 5.09. The van der Waals surface area contributed by atoms with Gasteiger partial charge in [-0.05, 0) is 92.4 Å². The molecule has 0 spiro atoms. The Morgan fingerprint density at radius 3 is 2.62 bits per heavy atom. The van der Waals surface area contributed by atoms with Gasteiger partial charge < -0.3 is 14.5 Å². The molecule has 0 bridgehead atoms. The molecule has 1 aliphatic heterocycles. The van der Waals surface area contributed by atoms with Gasteiger partial charge in [-0.25, -0.2) is 4.68 Å². The number of H-pyrrole nitrogens is 1. The maximum atomic E-state index is 13.3. The Kier molecular flexibility index (Phi) is 6.49. The molecule has 0 aliphatic carbocycles. The fourth-order valence-corrected chi connectivity index (χ4v) is 5.09. The van der Waals surface area contributed by atoms with Gasteiger partial charge in [0.25, 0.3) is 5.56 Å². The van der Waals surface area contributed by atoms with Gasteiger partial charge in [-0.1, -0.05) is 19.1 Å². The molecule has 0 saturated carbocycles. The summed E-state index contributed by atoms with van der Waals surface area (Å²) in [5.74, 6) is 2.26. The summed E-state index contributed by atoms with van der Waals surface area (Å²) < 4.78 is 13.0. The highest BCUT2D eigenvalue weighted by Crippen LogP contribution is 2.35. The number of fused-ring (bicyclic) bond motifs is 2. The molecule has 9 heteroatoms. The smallest absolute Gasteiger partial charge is 0.252 e. The number of pyridine rings is 1. The summed E-state index contributed by atoms with van der Waals surface area (Å²) >= 11 is 0. The molecule has 1 N–H and O–H groups in total. The van der Waals surface area contributed by atoms with Crippen LogP contribution < -0.4 is 15.0 Å². The Morgan fingerprint density at radius 2 is 1.86 bits per heavy atom. The fraction of sp³-hybridized carbons (Fsp3) is 0.429. The van der Waals surface area contributed by atoms with E-state index >= 15 is 0 Å². The molecule has 9 nitrogen and oxygen atoms in total. The number of nitrogens with zero attached hydrogens (tertiary/aromatic N) is 5. The zero-order valence-electron chi connectivity index (χ0n) is 22.3. The summed E-state index contributed by atoms with van der Waals surface area (Å²) in [7, 11) is 0. The molecule has 4 aromatic rings. The van der Waals surface area contributed by atoms with Gasteiger partial charge in [-0.3, -0.25) is 9.69 Å². The van der Waals surface area contributed by atoms with Gasteiger partial charge in [0, 0.05) is 29.6 Å². The first-order valence-corrected chi connectivity index (χ1v) is 12.7. The Hall–Kier alpha value is -3.72. The van der Waals surface area contributed by atoms with E-state index in [1.807, 2.05) is 41.9 Å². The van der Waals surface area contributed by atoms with Crippen molar-refractivity contribution in [1.82, 2.24) is 30.1 Å². The summed E-state index contributed by atoms with van der Waals surface area (Å²) in [6.45, 7) is 13.7. The van der Waals surface area contributed by atoms with Gasteiger partial charge in [-0.2, -0.15) is 0 Å². The quantitative estimate of drug-likeness (QED) is 0.389. The van der Waals surface area contributed by atoms with Crippen molar-refractivity contribution in [3.8, 4) is 11.5 Å². The number of benzene rings is 2. The predicted octanol–water partition coefficient (Wildman–Crippen LogP) is 4.77. The van der Waals surface area contributed by atoms with E-state index in [1.54, 1.807) is 0 Å². The molecular formula is C28H34N6O3. The number of aryl methyl sites for hydroxylation is 2. The minimum Gasteiger partial charge on any atom is -0.454 e. The van der Waals surface area contributed by atoms with E-state index in [-0.39, 0.29) is 23.9 Å². The molecule has 1 atom stereocenters. The molecule has 0 unspecified atom stereocenters. The van der Waals surface area contributed by atoms with Gasteiger partial charge in [0.2, 0.25) is 6.79 Å². The molecule has 0 amide bonds. The molecule has 5 rings (SSSR count). The lowest BCUT2D eigenvalue weighted by Gasteiger charge is -2.32. The second-order valence-electron chi connectivity index (χ2n) is 10.8. The van der Waals surface area contributed by atoms with Crippen LogP contribution in [0.2, 0.25) is 0 Å². The van der Waals surface area contributed by atoms with Crippen LogP contribution in [0.15, 0.2) is 41.2 Å². The summed E-state index contributed by atoms with van der Waals surface area (Å²) in [4.78, 5) is 18.6. The zero-order valence-corrected chi connectivity index (χ0v) is 22.3. The molecule has 3 heterocycles. The van der Waals surface area contributed by atoms with Crippen LogP contribution >= 0.6 is 0 Å². The van der Waals surface area contributed by atoms with E-state index in [0.717, 1.165) is 51.3 Å². The van der Waals surface area contributed by atoms with E-state index in [4.69, 9.17) is 9.47 Å². The van der Waals surface area contributed by atoms with E-state index < -0.39 is 0 Å². The monoisotopic (exact) mass is 502 g/mol. The van der Waals surface area contributed by atoms with Gasteiger partial charge in [0.1, 0.15) is 0 Å². The number of tetrazole rings is 1. The van der Waals surface area contributed by atoms with Crippen LogP contribution in [0, 0.1) is 13.8 Å². The van der Waals surface area contributed by atoms with Crippen molar-refractivity contribution < 1.29 is 9.47 Å².